The Balaban J connectivity index is 0.000000416. The van der Waals surface area contributed by atoms with E-state index in [2.05, 4.69) is 4.98 Å². The maximum atomic E-state index is 14.2. The molecule has 0 amide bonds. The van der Waals surface area contributed by atoms with Crippen LogP contribution in [0, 0.1) is 11.7 Å². The van der Waals surface area contributed by atoms with Crippen LogP contribution in [-0.2, 0) is 27.3 Å². The molecule has 1 fully saturated rings. The number of nitrogens with zero attached hydrogens (tertiary/aromatic N) is 2. The standard InChI is InChI=1S/C16H16F4N2O3S.C5H5N/c17-13-5-11(16(18,19)20)1-2-14(13)26(23,24)15-6-12(21)8-22(15)7-10-3-4-25-9-10;1-2-4-6-5-3-1/h1-2,5-6,8,10H,3-4,7,9,21H2;1-5H/t10-;/m0./s1. The molecule has 0 spiro atoms. The van der Waals surface area contributed by atoms with Gasteiger partial charge in [-0.05, 0) is 42.8 Å². The Morgan fingerprint density at radius 2 is 1.88 bits per heavy atom. The third-order valence-corrected chi connectivity index (χ3v) is 6.56. The molecular formula is C21H21F4N3O3S. The molecule has 32 heavy (non-hydrogen) atoms. The average Bonchev–Trinajstić information content (AvgIpc) is 3.39. The minimum atomic E-state index is -4.77. The van der Waals surface area contributed by atoms with E-state index in [-0.39, 0.29) is 22.7 Å². The summed E-state index contributed by atoms with van der Waals surface area (Å²) in [6.07, 6.45) is 0.885. The van der Waals surface area contributed by atoms with E-state index in [1.54, 1.807) is 12.4 Å². The van der Waals surface area contributed by atoms with Crippen molar-refractivity contribution in [2.75, 3.05) is 18.9 Å². The van der Waals surface area contributed by atoms with E-state index < -0.39 is 32.3 Å². The molecular weight excluding hydrogens is 450 g/mol. The van der Waals surface area contributed by atoms with Crippen LogP contribution in [0.5, 0.6) is 0 Å². The second kappa shape index (κ2) is 9.70. The van der Waals surface area contributed by atoms with Crippen molar-refractivity contribution in [1.82, 2.24) is 9.55 Å². The van der Waals surface area contributed by atoms with Crippen molar-refractivity contribution in [1.29, 1.82) is 0 Å². The average molecular weight is 471 g/mol. The Bertz CT molecular complexity index is 1120. The summed E-state index contributed by atoms with van der Waals surface area (Å²) in [5, 5.41) is -0.263. The predicted molar refractivity (Wildman–Crippen MR) is 109 cm³/mol. The molecule has 172 valence electrons. The lowest BCUT2D eigenvalue weighted by Gasteiger charge is -2.14. The monoisotopic (exact) mass is 471 g/mol. The van der Waals surface area contributed by atoms with Crippen molar-refractivity contribution >= 4 is 15.5 Å². The summed E-state index contributed by atoms with van der Waals surface area (Å²) < 4.78 is 84.4. The molecule has 6 nitrogen and oxygen atoms in total. The number of halogens is 4. The van der Waals surface area contributed by atoms with E-state index in [0.717, 1.165) is 6.42 Å². The van der Waals surface area contributed by atoms with E-state index in [0.29, 0.717) is 31.9 Å². The summed E-state index contributed by atoms with van der Waals surface area (Å²) in [7, 11) is -4.38. The zero-order chi connectivity index (χ0) is 23.4. The number of rotatable bonds is 4. The fourth-order valence-corrected chi connectivity index (χ4v) is 4.72. The van der Waals surface area contributed by atoms with Crippen molar-refractivity contribution in [2.24, 2.45) is 5.92 Å². The highest BCUT2D eigenvalue weighted by molar-refractivity contribution is 7.91. The van der Waals surface area contributed by atoms with Gasteiger partial charge in [0.1, 0.15) is 15.7 Å². The van der Waals surface area contributed by atoms with Gasteiger partial charge >= 0.3 is 6.18 Å². The summed E-state index contributed by atoms with van der Waals surface area (Å²) in [6.45, 7) is 1.33. The van der Waals surface area contributed by atoms with Crippen LogP contribution in [0.3, 0.4) is 0 Å². The molecule has 0 radical (unpaired) electrons. The Morgan fingerprint density at radius 3 is 2.38 bits per heavy atom. The van der Waals surface area contributed by atoms with Gasteiger partial charge < -0.3 is 15.0 Å². The van der Waals surface area contributed by atoms with E-state index >= 15 is 0 Å². The normalized spacial score (nSPS) is 16.4. The van der Waals surface area contributed by atoms with Gasteiger partial charge in [0.2, 0.25) is 9.84 Å². The minimum absolute atomic E-state index is 0.0770. The van der Waals surface area contributed by atoms with Crippen molar-refractivity contribution in [3.8, 4) is 0 Å². The summed E-state index contributed by atoms with van der Waals surface area (Å²) >= 11 is 0. The topological polar surface area (TPSA) is 87.2 Å². The molecule has 0 aliphatic carbocycles. The maximum absolute atomic E-state index is 14.2. The van der Waals surface area contributed by atoms with Crippen LogP contribution in [0.4, 0.5) is 23.2 Å². The molecule has 0 saturated carbocycles. The molecule has 1 saturated heterocycles. The summed E-state index contributed by atoms with van der Waals surface area (Å²) in [4.78, 5) is 2.96. The SMILES string of the molecule is Nc1cc(S(=O)(=O)c2ccc(C(F)(F)F)cc2F)n(C[C@@H]2CCOC2)c1.c1ccncc1. The molecule has 3 aromatic rings. The lowest BCUT2D eigenvalue weighted by Crippen LogP contribution is -2.16. The number of nitrogens with two attached hydrogens (primary N) is 1. The molecule has 0 unspecified atom stereocenters. The van der Waals surface area contributed by atoms with Gasteiger partial charge in [0.05, 0.1) is 17.9 Å². The van der Waals surface area contributed by atoms with Gasteiger partial charge in [-0.1, -0.05) is 6.07 Å². The number of sulfone groups is 1. The number of pyridine rings is 1. The number of benzene rings is 1. The Kier molecular flexibility index (Phi) is 7.19. The quantitative estimate of drug-likeness (QED) is 0.577. The number of ether oxygens (including phenoxy) is 1. The summed E-state index contributed by atoms with van der Waals surface area (Å²) in [5.74, 6) is -1.39. The van der Waals surface area contributed by atoms with Crippen molar-refractivity contribution < 1.29 is 30.7 Å². The third-order valence-electron chi connectivity index (χ3n) is 4.75. The fourth-order valence-electron chi connectivity index (χ4n) is 3.21. The molecule has 1 aliphatic rings. The second-order valence-electron chi connectivity index (χ2n) is 7.16. The largest absolute Gasteiger partial charge is 0.416 e. The van der Waals surface area contributed by atoms with Crippen LogP contribution >= 0.6 is 0 Å². The molecule has 1 aromatic carbocycles. The highest BCUT2D eigenvalue weighted by atomic mass is 32.2. The lowest BCUT2D eigenvalue weighted by molar-refractivity contribution is -0.137. The number of nitrogen functional groups attached to an aromatic ring is 1. The first kappa shape index (κ1) is 23.7. The zero-order valence-electron chi connectivity index (χ0n) is 16.8. The van der Waals surface area contributed by atoms with E-state index in [1.165, 1.54) is 16.8 Å². The number of aromatic nitrogens is 2. The Hall–Kier alpha value is -2.92. The molecule has 11 heteroatoms. The van der Waals surface area contributed by atoms with Crippen molar-refractivity contribution in [3.63, 3.8) is 0 Å². The van der Waals surface area contributed by atoms with E-state index in [9.17, 15) is 26.0 Å². The zero-order valence-corrected chi connectivity index (χ0v) is 17.6. The fraction of sp³-hybridized carbons (Fsp3) is 0.286. The highest BCUT2D eigenvalue weighted by Gasteiger charge is 2.34. The van der Waals surface area contributed by atoms with Crippen molar-refractivity contribution in [3.05, 3.63) is 72.4 Å². The smallest absolute Gasteiger partial charge is 0.397 e. The molecule has 1 atom stereocenters. The van der Waals surface area contributed by atoms with Gasteiger partial charge in [-0.2, -0.15) is 13.2 Å². The number of alkyl halides is 3. The number of hydrogen-bond donors (Lipinski definition) is 1. The van der Waals surface area contributed by atoms with Crippen molar-refractivity contribution in [2.45, 2.75) is 29.1 Å². The summed E-state index contributed by atoms with van der Waals surface area (Å²) in [6, 6.07) is 8.22. The summed E-state index contributed by atoms with van der Waals surface area (Å²) in [5.41, 5.74) is 4.59. The first-order chi connectivity index (χ1) is 15.1. The first-order valence-electron chi connectivity index (χ1n) is 9.59. The molecule has 2 aromatic heterocycles. The van der Waals surface area contributed by atoms with Crippen LogP contribution in [0.2, 0.25) is 0 Å². The van der Waals surface area contributed by atoms with Crippen LogP contribution < -0.4 is 5.73 Å². The molecule has 4 rings (SSSR count). The highest BCUT2D eigenvalue weighted by Crippen LogP contribution is 2.33. The van der Waals surface area contributed by atoms with Crippen LogP contribution in [0.15, 0.2) is 71.0 Å². The van der Waals surface area contributed by atoms with Crippen LogP contribution in [0.25, 0.3) is 0 Å². The van der Waals surface area contributed by atoms with Gasteiger partial charge in [-0.3, -0.25) is 4.98 Å². The van der Waals surface area contributed by atoms with Gasteiger partial charge in [0.25, 0.3) is 0 Å². The van der Waals surface area contributed by atoms with Crippen LogP contribution in [0.1, 0.15) is 12.0 Å². The minimum Gasteiger partial charge on any atom is -0.397 e. The molecule has 1 aliphatic heterocycles. The van der Waals surface area contributed by atoms with Gasteiger partial charge in [-0.25, -0.2) is 12.8 Å². The first-order valence-corrected chi connectivity index (χ1v) is 11.1. The van der Waals surface area contributed by atoms with Gasteiger partial charge in [0.15, 0.2) is 0 Å². The van der Waals surface area contributed by atoms with Gasteiger partial charge in [-0.15, -0.1) is 0 Å². The van der Waals surface area contributed by atoms with E-state index in [1.807, 2.05) is 18.2 Å². The Morgan fingerprint density at radius 1 is 1.16 bits per heavy atom. The lowest BCUT2D eigenvalue weighted by atomic mass is 10.1. The predicted octanol–water partition coefficient (Wildman–Crippen LogP) is 4.18. The second-order valence-corrected chi connectivity index (χ2v) is 9.03. The van der Waals surface area contributed by atoms with Gasteiger partial charge in [0, 0.05) is 37.7 Å². The maximum Gasteiger partial charge on any atom is 0.416 e. The third kappa shape index (κ3) is 5.65. The number of hydrogen-bond acceptors (Lipinski definition) is 5. The molecule has 2 N–H and O–H groups in total. The molecule has 3 heterocycles. The van der Waals surface area contributed by atoms with E-state index in [4.69, 9.17) is 10.5 Å². The Labute approximate surface area is 182 Å². The van der Waals surface area contributed by atoms with Crippen LogP contribution in [-0.4, -0.2) is 31.2 Å². The molecule has 0 bridgehead atoms. The number of anilines is 1.